The van der Waals surface area contributed by atoms with Gasteiger partial charge in [0.25, 0.3) is 0 Å². The van der Waals surface area contributed by atoms with Crippen molar-refractivity contribution in [2.75, 3.05) is 13.1 Å². The van der Waals surface area contributed by atoms with Crippen LogP contribution in [0.15, 0.2) is 42.0 Å². The van der Waals surface area contributed by atoms with E-state index in [9.17, 15) is 22.8 Å². The largest absolute Gasteiger partial charge is 0.490 e. The number of nitrogens with zero attached hydrogens (tertiary/aromatic N) is 2. The second kappa shape index (κ2) is 9.68. The Morgan fingerprint density at radius 1 is 1.28 bits per heavy atom. The minimum absolute atomic E-state index is 0.0180. The van der Waals surface area contributed by atoms with E-state index < -0.39 is 12.1 Å². The van der Waals surface area contributed by atoms with Gasteiger partial charge in [-0.2, -0.15) is 13.2 Å². The van der Waals surface area contributed by atoms with Crippen LogP contribution in [-0.4, -0.2) is 52.0 Å². The number of aromatic nitrogens is 1. The Hall–Kier alpha value is -2.95. The number of pyridine rings is 1. The third-order valence-corrected chi connectivity index (χ3v) is 6.46. The van der Waals surface area contributed by atoms with Crippen LogP contribution in [0.25, 0.3) is 0 Å². The number of hydrogen-bond acceptors (Lipinski definition) is 5. The number of hydrogen-bond donors (Lipinski definition) is 2. The van der Waals surface area contributed by atoms with Crippen LogP contribution in [0.4, 0.5) is 13.2 Å². The standard InChI is InChI=1S/C19H21N3O2S.C2HF3O2/c23-17(9-15-4-2-8-25-15)22-7-5-19(13-22)10-16(19)18(24)21-12-14-3-1-6-20-11-14;3-2(4,5)1(6)7/h1-4,6,8,11,16H,5,7,9-10,12-13H2,(H,21,24);(H,6,7). The Morgan fingerprint density at radius 2 is 2.03 bits per heavy atom. The summed E-state index contributed by atoms with van der Waals surface area (Å²) in [5, 5.41) is 12.1. The molecule has 2 aliphatic rings. The van der Waals surface area contributed by atoms with Crippen molar-refractivity contribution in [1.82, 2.24) is 15.2 Å². The molecule has 172 valence electrons. The summed E-state index contributed by atoms with van der Waals surface area (Å²) in [7, 11) is 0. The van der Waals surface area contributed by atoms with Gasteiger partial charge in [-0.15, -0.1) is 11.3 Å². The van der Waals surface area contributed by atoms with Crippen molar-refractivity contribution in [3.63, 3.8) is 0 Å². The van der Waals surface area contributed by atoms with E-state index in [1.54, 1.807) is 23.7 Å². The smallest absolute Gasteiger partial charge is 0.475 e. The van der Waals surface area contributed by atoms with E-state index in [0.717, 1.165) is 36.4 Å². The van der Waals surface area contributed by atoms with Gasteiger partial charge in [-0.1, -0.05) is 12.1 Å². The van der Waals surface area contributed by atoms with Crippen LogP contribution in [0.1, 0.15) is 23.3 Å². The van der Waals surface area contributed by atoms with Crippen molar-refractivity contribution >= 4 is 29.1 Å². The first kappa shape index (κ1) is 23.7. The maximum atomic E-state index is 12.4. The van der Waals surface area contributed by atoms with Gasteiger partial charge in [-0.05, 0) is 35.9 Å². The molecule has 2 amide bonds. The lowest BCUT2D eigenvalue weighted by Gasteiger charge is -2.16. The summed E-state index contributed by atoms with van der Waals surface area (Å²) in [5.41, 5.74) is 1.02. The van der Waals surface area contributed by atoms with Gasteiger partial charge in [-0.3, -0.25) is 14.6 Å². The predicted molar refractivity (Wildman–Crippen MR) is 110 cm³/mol. The topological polar surface area (TPSA) is 99.6 Å². The molecule has 1 saturated carbocycles. The highest BCUT2D eigenvalue weighted by atomic mass is 32.1. The molecule has 0 aromatic carbocycles. The molecule has 2 aromatic rings. The van der Waals surface area contributed by atoms with E-state index in [1.807, 2.05) is 34.5 Å². The molecule has 3 heterocycles. The van der Waals surface area contributed by atoms with Gasteiger partial charge in [0.2, 0.25) is 11.8 Å². The van der Waals surface area contributed by atoms with Crippen LogP contribution < -0.4 is 5.32 Å². The van der Waals surface area contributed by atoms with Crippen LogP contribution in [0, 0.1) is 11.3 Å². The van der Waals surface area contributed by atoms with Crippen LogP contribution in [-0.2, 0) is 27.3 Å². The molecule has 32 heavy (non-hydrogen) atoms. The molecule has 1 spiro atoms. The first-order valence-electron chi connectivity index (χ1n) is 9.88. The molecular formula is C21H22F3N3O4S. The average Bonchev–Trinajstić information content (AvgIpc) is 3.06. The summed E-state index contributed by atoms with van der Waals surface area (Å²) in [6.07, 6.45) is 0.722. The minimum atomic E-state index is -5.08. The number of aliphatic carboxylic acids is 1. The van der Waals surface area contributed by atoms with Crippen molar-refractivity contribution in [3.8, 4) is 0 Å². The predicted octanol–water partition coefficient (Wildman–Crippen LogP) is 2.87. The van der Waals surface area contributed by atoms with Crippen molar-refractivity contribution in [2.45, 2.75) is 32.0 Å². The molecule has 2 unspecified atom stereocenters. The van der Waals surface area contributed by atoms with E-state index in [2.05, 4.69) is 10.3 Å². The van der Waals surface area contributed by atoms with Crippen molar-refractivity contribution in [2.24, 2.45) is 11.3 Å². The highest BCUT2D eigenvalue weighted by Crippen LogP contribution is 2.58. The molecule has 0 radical (unpaired) electrons. The summed E-state index contributed by atoms with van der Waals surface area (Å²) >= 11 is 1.62. The Bertz CT molecular complexity index is 953. The second-order valence-electron chi connectivity index (χ2n) is 7.82. The van der Waals surface area contributed by atoms with Crippen molar-refractivity contribution in [1.29, 1.82) is 0 Å². The highest BCUT2D eigenvalue weighted by Gasteiger charge is 2.61. The van der Waals surface area contributed by atoms with Crippen LogP contribution in [0.3, 0.4) is 0 Å². The van der Waals surface area contributed by atoms with E-state index in [-0.39, 0.29) is 23.1 Å². The molecule has 2 fully saturated rings. The van der Waals surface area contributed by atoms with Crippen LogP contribution >= 0.6 is 11.3 Å². The van der Waals surface area contributed by atoms with Gasteiger partial charge in [0.1, 0.15) is 0 Å². The average molecular weight is 469 g/mol. The molecule has 0 bridgehead atoms. The summed E-state index contributed by atoms with van der Waals surface area (Å²) in [5.74, 6) is -2.42. The lowest BCUT2D eigenvalue weighted by Crippen LogP contribution is -2.32. The second-order valence-corrected chi connectivity index (χ2v) is 8.85. The number of carbonyl (C=O) groups is 3. The van der Waals surface area contributed by atoms with Crippen molar-refractivity contribution < 1.29 is 32.7 Å². The van der Waals surface area contributed by atoms with Gasteiger partial charge < -0.3 is 15.3 Å². The molecule has 2 N–H and O–H groups in total. The van der Waals surface area contributed by atoms with E-state index in [1.165, 1.54) is 0 Å². The molecule has 2 aromatic heterocycles. The molecule has 1 saturated heterocycles. The van der Waals surface area contributed by atoms with Crippen molar-refractivity contribution in [3.05, 3.63) is 52.5 Å². The third kappa shape index (κ3) is 6.06. The Morgan fingerprint density at radius 3 is 2.62 bits per heavy atom. The first-order chi connectivity index (χ1) is 15.1. The fraction of sp³-hybridized carbons (Fsp3) is 0.429. The summed E-state index contributed by atoms with van der Waals surface area (Å²) in [6, 6.07) is 7.80. The first-order valence-corrected chi connectivity index (χ1v) is 10.8. The third-order valence-electron chi connectivity index (χ3n) is 5.58. The SMILES string of the molecule is O=C(NCc1cccnc1)C1CC12CCN(C(=O)Cc1cccs1)C2.O=C(O)C(F)(F)F. The van der Waals surface area contributed by atoms with Gasteiger partial charge >= 0.3 is 12.1 Å². The van der Waals surface area contributed by atoms with Crippen LogP contribution in [0.2, 0.25) is 0 Å². The maximum Gasteiger partial charge on any atom is 0.490 e. The number of rotatable bonds is 5. The highest BCUT2D eigenvalue weighted by molar-refractivity contribution is 7.10. The quantitative estimate of drug-likeness (QED) is 0.702. The normalized spacial score (nSPS) is 21.6. The zero-order valence-corrected chi connectivity index (χ0v) is 17.8. The maximum absolute atomic E-state index is 12.4. The summed E-state index contributed by atoms with van der Waals surface area (Å²) in [6.45, 7) is 2.01. The Labute approximate surface area is 186 Å². The number of likely N-dealkylation sites (tertiary alicyclic amines) is 1. The fourth-order valence-corrected chi connectivity index (χ4v) is 4.46. The number of carbonyl (C=O) groups excluding carboxylic acids is 2. The molecular weight excluding hydrogens is 447 g/mol. The molecule has 1 aliphatic carbocycles. The molecule has 1 aliphatic heterocycles. The van der Waals surface area contributed by atoms with E-state index in [4.69, 9.17) is 9.90 Å². The molecule has 7 nitrogen and oxygen atoms in total. The number of alkyl halides is 3. The number of carboxylic acids is 1. The minimum Gasteiger partial charge on any atom is -0.475 e. The molecule has 4 rings (SSSR count). The van der Waals surface area contributed by atoms with Gasteiger partial charge in [0.05, 0.1) is 6.42 Å². The fourth-order valence-electron chi connectivity index (χ4n) is 3.77. The molecule has 11 heteroatoms. The lowest BCUT2D eigenvalue weighted by atomic mass is 10.0. The number of thiophene rings is 1. The number of halogens is 3. The van der Waals surface area contributed by atoms with Gasteiger partial charge in [0.15, 0.2) is 0 Å². The van der Waals surface area contributed by atoms with Crippen LogP contribution in [0.5, 0.6) is 0 Å². The number of amides is 2. The number of nitrogens with one attached hydrogen (secondary N) is 1. The number of carboxylic acid groups (broad SMARTS) is 1. The molecule has 2 atom stereocenters. The summed E-state index contributed by atoms with van der Waals surface area (Å²) in [4.78, 5) is 40.9. The van der Waals surface area contributed by atoms with Gasteiger partial charge in [-0.25, -0.2) is 4.79 Å². The summed E-state index contributed by atoms with van der Waals surface area (Å²) < 4.78 is 31.7. The van der Waals surface area contributed by atoms with E-state index in [0.29, 0.717) is 13.0 Å². The van der Waals surface area contributed by atoms with E-state index >= 15 is 0 Å². The lowest BCUT2D eigenvalue weighted by molar-refractivity contribution is -0.192. The zero-order chi connectivity index (χ0) is 23.4. The Balaban J connectivity index is 0.000000360. The monoisotopic (exact) mass is 469 g/mol. The Kier molecular flexibility index (Phi) is 7.17. The zero-order valence-electron chi connectivity index (χ0n) is 17.0. The van der Waals surface area contributed by atoms with Gasteiger partial charge in [0, 0.05) is 48.2 Å².